The van der Waals surface area contributed by atoms with Crippen LogP contribution >= 0.6 is 11.6 Å². The van der Waals surface area contributed by atoms with Crippen LogP contribution in [-0.4, -0.2) is 29.3 Å². The van der Waals surface area contributed by atoms with Crippen molar-refractivity contribution in [2.75, 3.05) is 12.5 Å². The van der Waals surface area contributed by atoms with E-state index in [-0.39, 0.29) is 11.8 Å². The van der Waals surface area contributed by atoms with Crippen LogP contribution in [0.25, 0.3) is 0 Å². The third kappa shape index (κ3) is 5.06. The lowest BCUT2D eigenvalue weighted by atomic mass is 10.2. The minimum atomic E-state index is -0.517. The van der Waals surface area contributed by atoms with E-state index in [1.54, 1.807) is 12.1 Å². The molecule has 1 aromatic carbocycles. The van der Waals surface area contributed by atoms with Gasteiger partial charge in [0.2, 0.25) is 0 Å². The van der Waals surface area contributed by atoms with Crippen molar-refractivity contribution in [1.29, 1.82) is 0 Å². The van der Waals surface area contributed by atoms with Gasteiger partial charge in [-0.1, -0.05) is 18.5 Å². The fraction of sp³-hybridized carbons (Fsp3) is 0.294. The highest BCUT2D eigenvalue weighted by molar-refractivity contribution is 6.32. The lowest BCUT2D eigenvalue weighted by Gasteiger charge is -2.17. The number of benzene rings is 1. The van der Waals surface area contributed by atoms with Crippen LogP contribution in [-0.2, 0) is 0 Å². The summed E-state index contributed by atoms with van der Waals surface area (Å²) in [5.74, 6) is 1.38. The van der Waals surface area contributed by atoms with Gasteiger partial charge in [0, 0.05) is 6.07 Å². The zero-order valence-electron chi connectivity index (χ0n) is 14.6. The van der Waals surface area contributed by atoms with Gasteiger partial charge in [-0.3, -0.25) is 15.5 Å². The second kappa shape index (κ2) is 9.00. The Kier molecular flexibility index (Phi) is 6.74. The molecule has 0 fully saturated rings. The molecule has 0 amide bonds. The van der Waals surface area contributed by atoms with Gasteiger partial charge < -0.3 is 9.47 Å². The van der Waals surface area contributed by atoms with Crippen molar-refractivity contribution < 1.29 is 14.4 Å². The van der Waals surface area contributed by atoms with Crippen molar-refractivity contribution in [1.82, 2.24) is 4.98 Å². The predicted octanol–water partition coefficient (Wildman–Crippen LogP) is 4.28. The van der Waals surface area contributed by atoms with Crippen LogP contribution in [0, 0.1) is 10.1 Å². The first-order valence-electron chi connectivity index (χ1n) is 7.88. The number of nitro groups is 1. The Labute approximate surface area is 155 Å². The zero-order chi connectivity index (χ0) is 19.1. The van der Waals surface area contributed by atoms with Crippen molar-refractivity contribution in [2.24, 2.45) is 5.10 Å². The lowest BCUT2D eigenvalue weighted by Crippen LogP contribution is -2.11. The van der Waals surface area contributed by atoms with E-state index in [2.05, 4.69) is 15.5 Å². The van der Waals surface area contributed by atoms with Gasteiger partial charge in [-0.25, -0.2) is 4.98 Å². The first kappa shape index (κ1) is 19.5. The number of anilines is 1. The van der Waals surface area contributed by atoms with Gasteiger partial charge in [-0.15, -0.1) is 0 Å². The Balaban J connectivity index is 2.12. The summed E-state index contributed by atoms with van der Waals surface area (Å²) in [4.78, 5) is 14.0. The van der Waals surface area contributed by atoms with Crippen molar-refractivity contribution in [3.8, 4) is 11.5 Å². The quantitative estimate of drug-likeness (QED) is 0.418. The van der Waals surface area contributed by atoms with Crippen LogP contribution in [0.4, 0.5) is 11.5 Å². The maximum atomic E-state index is 10.6. The van der Waals surface area contributed by atoms with Crippen molar-refractivity contribution in [3.63, 3.8) is 0 Å². The maximum absolute atomic E-state index is 10.6. The van der Waals surface area contributed by atoms with E-state index in [9.17, 15) is 10.1 Å². The van der Waals surface area contributed by atoms with Gasteiger partial charge in [0.15, 0.2) is 11.5 Å². The molecule has 2 rings (SSSR count). The van der Waals surface area contributed by atoms with Gasteiger partial charge in [-0.05, 0) is 37.1 Å². The third-order valence-corrected chi connectivity index (χ3v) is 3.78. The topological polar surface area (TPSA) is 98.9 Å². The number of hydrogen-bond donors (Lipinski definition) is 1. The van der Waals surface area contributed by atoms with Crippen LogP contribution in [0.1, 0.15) is 25.8 Å². The molecule has 0 saturated heterocycles. The van der Waals surface area contributed by atoms with Crippen molar-refractivity contribution in [3.05, 3.63) is 51.2 Å². The smallest absolute Gasteiger partial charge is 0.287 e. The van der Waals surface area contributed by atoms with E-state index in [0.717, 1.165) is 12.6 Å². The Morgan fingerprint density at radius 3 is 2.81 bits per heavy atom. The van der Waals surface area contributed by atoms with Crippen LogP contribution < -0.4 is 14.9 Å². The van der Waals surface area contributed by atoms with Crippen LogP contribution in [0.5, 0.6) is 11.5 Å². The Bertz CT molecular complexity index is 796. The first-order chi connectivity index (χ1) is 12.4. The summed E-state index contributed by atoms with van der Waals surface area (Å²) in [5.41, 5.74) is 3.30. The van der Waals surface area contributed by atoms with E-state index in [1.165, 1.54) is 25.5 Å². The summed E-state index contributed by atoms with van der Waals surface area (Å²) < 4.78 is 11.1. The van der Waals surface area contributed by atoms with E-state index < -0.39 is 4.92 Å². The second-order valence-electron chi connectivity index (χ2n) is 5.40. The zero-order valence-corrected chi connectivity index (χ0v) is 15.4. The number of nitrogens with zero attached hydrogens (tertiary/aromatic N) is 3. The van der Waals surface area contributed by atoms with Gasteiger partial charge in [0.25, 0.3) is 5.69 Å². The summed E-state index contributed by atoms with van der Waals surface area (Å²) in [6.07, 6.45) is 3.54. The molecule has 9 heteroatoms. The van der Waals surface area contributed by atoms with Gasteiger partial charge in [0.05, 0.1) is 29.4 Å². The number of methoxy groups -OCH3 is 1. The lowest BCUT2D eigenvalue weighted by molar-refractivity contribution is -0.385. The minimum Gasteiger partial charge on any atom is -0.493 e. The molecular weight excluding hydrogens is 360 g/mol. The number of hydrazone groups is 1. The number of hydrogen-bond acceptors (Lipinski definition) is 7. The average Bonchev–Trinajstić information content (AvgIpc) is 2.63. The van der Waals surface area contributed by atoms with E-state index in [0.29, 0.717) is 27.9 Å². The highest BCUT2D eigenvalue weighted by Gasteiger charge is 2.14. The highest BCUT2D eigenvalue weighted by atomic mass is 35.5. The van der Waals surface area contributed by atoms with Crippen LogP contribution in [0.3, 0.4) is 0 Å². The second-order valence-corrected chi connectivity index (χ2v) is 5.81. The van der Waals surface area contributed by atoms with Crippen molar-refractivity contribution >= 4 is 29.3 Å². The Morgan fingerprint density at radius 1 is 1.46 bits per heavy atom. The molecule has 2 aromatic rings. The largest absolute Gasteiger partial charge is 0.493 e. The van der Waals surface area contributed by atoms with E-state index >= 15 is 0 Å². The molecule has 1 atom stereocenters. The fourth-order valence-electron chi connectivity index (χ4n) is 1.95. The average molecular weight is 379 g/mol. The number of ether oxygens (including phenoxy) is 2. The molecule has 0 aliphatic carbocycles. The van der Waals surface area contributed by atoms with E-state index in [1.807, 2.05) is 13.8 Å². The number of rotatable bonds is 8. The molecule has 1 heterocycles. The standard InChI is InChI=1S/C17H19ClN4O4/c1-4-11(2)26-17-14(18)7-12(8-15(17)25-3)9-20-21-16-6-5-13(10-19-16)22(23)24/h5-11H,4H2,1-3H3,(H,19,21)/b20-9+/t11-/m1/s1. The van der Waals surface area contributed by atoms with Gasteiger partial charge >= 0.3 is 0 Å². The predicted molar refractivity (Wildman–Crippen MR) is 100 cm³/mol. The number of pyridine rings is 1. The van der Waals surface area contributed by atoms with Gasteiger partial charge in [-0.2, -0.15) is 5.10 Å². The number of halogens is 1. The summed E-state index contributed by atoms with van der Waals surface area (Å²) in [5, 5.41) is 15.1. The first-order valence-corrected chi connectivity index (χ1v) is 8.26. The van der Waals surface area contributed by atoms with Crippen LogP contribution in [0.15, 0.2) is 35.6 Å². The Morgan fingerprint density at radius 2 is 2.23 bits per heavy atom. The summed E-state index contributed by atoms with van der Waals surface area (Å²) >= 11 is 6.29. The molecule has 0 bridgehead atoms. The monoisotopic (exact) mass is 378 g/mol. The summed E-state index contributed by atoms with van der Waals surface area (Å²) in [7, 11) is 1.54. The number of aromatic nitrogens is 1. The normalized spacial score (nSPS) is 12.0. The number of nitrogens with one attached hydrogen (secondary N) is 1. The van der Waals surface area contributed by atoms with E-state index in [4.69, 9.17) is 21.1 Å². The maximum Gasteiger partial charge on any atom is 0.287 e. The summed E-state index contributed by atoms with van der Waals surface area (Å²) in [6.45, 7) is 3.97. The van der Waals surface area contributed by atoms with Crippen LogP contribution in [0.2, 0.25) is 5.02 Å². The fourth-order valence-corrected chi connectivity index (χ4v) is 2.21. The Hall–Kier alpha value is -2.87. The molecule has 138 valence electrons. The molecule has 0 radical (unpaired) electrons. The van der Waals surface area contributed by atoms with Gasteiger partial charge in [0.1, 0.15) is 12.0 Å². The molecule has 26 heavy (non-hydrogen) atoms. The molecule has 1 aromatic heterocycles. The molecule has 1 N–H and O–H groups in total. The SMILES string of the molecule is CC[C@@H](C)Oc1c(Cl)cc(/C=N/Nc2ccc([N+](=O)[O-])cn2)cc1OC. The van der Waals surface area contributed by atoms with Crippen molar-refractivity contribution in [2.45, 2.75) is 26.4 Å². The highest BCUT2D eigenvalue weighted by Crippen LogP contribution is 2.37. The molecule has 0 aliphatic heterocycles. The molecule has 0 unspecified atom stereocenters. The molecule has 8 nitrogen and oxygen atoms in total. The molecule has 0 aliphatic rings. The molecule has 0 spiro atoms. The third-order valence-electron chi connectivity index (χ3n) is 3.50. The molecular formula is C17H19ClN4O4. The molecule has 0 saturated carbocycles. The summed E-state index contributed by atoms with van der Waals surface area (Å²) in [6, 6.07) is 6.26. The minimum absolute atomic E-state index is 0.01000.